The Morgan fingerprint density at radius 1 is 1.04 bits per heavy atom. The number of para-hydroxylation sites is 1. The lowest BCUT2D eigenvalue weighted by atomic mass is 9.56. The SMILES string of the molecule is C/C=C1/CN(C)[C@H]2Cc3c([nH]c4ccccc34)[C@H](c3c(OC)ccc4c5c([nH]c34)[C@]3(C(=O)OC)C[C@H]4C[C@H]([C@H](C)O)[C@@H]3N(CC5)C4)C[C@@H]1C2C(=O)OC. The van der Waals surface area contributed by atoms with E-state index in [0.717, 1.165) is 77.2 Å². The number of nitrogens with zero attached hydrogens (tertiary/aromatic N) is 2. The second kappa shape index (κ2) is 12.7. The molecular formula is C43H52N4O6. The van der Waals surface area contributed by atoms with Crippen LogP contribution in [0.3, 0.4) is 0 Å². The summed E-state index contributed by atoms with van der Waals surface area (Å²) < 4.78 is 17.6. The standard InChI is InChI=1S/C43H52N4O6/c1-7-24-21-46(3)33-18-30-25-10-8-9-11-32(25)44-37(30)31(17-29(24)35(33)41(49)52-5)36-34(51-4)13-12-26-27-14-15-47-20-23-16-28(22(2)48)40(47)43(19-23,42(50)53-6)39(27)45-38(26)36/h7-13,22-23,28-29,31,33,35,40,44-45,48H,14-21H2,1-6H3/b24-7-/t22-,23+,28+,29-,31-,33-,35?,40-,43+/m0/s1. The Kier molecular flexibility index (Phi) is 8.33. The zero-order chi connectivity index (χ0) is 36.9. The summed E-state index contributed by atoms with van der Waals surface area (Å²) in [5.41, 5.74) is 7.83. The predicted molar refractivity (Wildman–Crippen MR) is 203 cm³/mol. The van der Waals surface area contributed by atoms with Crippen molar-refractivity contribution >= 4 is 33.7 Å². The maximum Gasteiger partial charge on any atom is 0.319 e. The van der Waals surface area contributed by atoms with Crippen molar-refractivity contribution in [2.45, 2.75) is 75.5 Å². The number of fused-ring (bicyclic) bond motifs is 9. The molecule has 10 nitrogen and oxygen atoms in total. The number of rotatable bonds is 5. The molecule has 4 aromatic rings. The summed E-state index contributed by atoms with van der Waals surface area (Å²) in [5, 5.41) is 13.4. The first kappa shape index (κ1) is 34.6. The number of likely N-dealkylation sites (N-methyl/N-ethyl adjacent to an activating group) is 1. The van der Waals surface area contributed by atoms with Crippen LogP contribution >= 0.6 is 0 Å². The van der Waals surface area contributed by atoms with Crippen LogP contribution in [0.4, 0.5) is 0 Å². The molecule has 4 fully saturated rings. The van der Waals surface area contributed by atoms with Gasteiger partial charge in [-0.05, 0) is 94.2 Å². The van der Waals surface area contributed by atoms with Crippen LogP contribution in [-0.2, 0) is 37.3 Å². The number of aliphatic hydroxyl groups is 1. The fraction of sp³-hybridized carbons (Fsp3) is 0.535. The monoisotopic (exact) mass is 720 g/mol. The molecule has 0 spiro atoms. The van der Waals surface area contributed by atoms with Crippen molar-refractivity contribution in [2.24, 2.45) is 23.7 Å². The molecule has 53 heavy (non-hydrogen) atoms. The highest BCUT2D eigenvalue weighted by molar-refractivity contribution is 5.95. The number of hydrogen-bond donors (Lipinski definition) is 3. The average Bonchev–Trinajstić information content (AvgIpc) is 3.70. The lowest BCUT2D eigenvalue weighted by molar-refractivity contribution is -0.166. The molecule has 10 rings (SSSR count). The smallest absolute Gasteiger partial charge is 0.319 e. The van der Waals surface area contributed by atoms with Crippen molar-refractivity contribution < 1.29 is 28.9 Å². The van der Waals surface area contributed by atoms with Crippen LogP contribution in [-0.4, -0.2) is 103 Å². The average molecular weight is 721 g/mol. The van der Waals surface area contributed by atoms with Gasteiger partial charge in [0.25, 0.3) is 0 Å². The van der Waals surface area contributed by atoms with E-state index in [0.29, 0.717) is 19.3 Å². The van der Waals surface area contributed by atoms with Gasteiger partial charge >= 0.3 is 11.9 Å². The number of allylic oxidation sites excluding steroid dienone is 1. The van der Waals surface area contributed by atoms with E-state index < -0.39 is 11.5 Å². The Morgan fingerprint density at radius 2 is 1.85 bits per heavy atom. The van der Waals surface area contributed by atoms with Gasteiger partial charge in [-0.1, -0.05) is 29.8 Å². The summed E-state index contributed by atoms with van der Waals surface area (Å²) in [4.78, 5) is 41.0. The fourth-order valence-electron chi connectivity index (χ4n) is 12.1. The molecule has 3 saturated heterocycles. The van der Waals surface area contributed by atoms with Crippen molar-refractivity contribution in [1.82, 2.24) is 19.8 Å². The van der Waals surface area contributed by atoms with E-state index >= 15 is 0 Å². The normalized spacial score (nSPS) is 33.5. The number of esters is 2. The first-order valence-electron chi connectivity index (χ1n) is 19.4. The topological polar surface area (TPSA) is 120 Å². The Morgan fingerprint density at radius 3 is 2.58 bits per heavy atom. The first-order chi connectivity index (χ1) is 25.6. The summed E-state index contributed by atoms with van der Waals surface area (Å²) in [6.45, 7) is 6.48. The Bertz CT molecular complexity index is 2150. The van der Waals surface area contributed by atoms with Crippen LogP contribution in [0.5, 0.6) is 5.75 Å². The molecule has 4 aliphatic heterocycles. The maximum atomic E-state index is 14.4. The van der Waals surface area contributed by atoms with Crippen molar-refractivity contribution in [1.29, 1.82) is 0 Å². The van der Waals surface area contributed by atoms with Crippen LogP contribution < -0.4 is 4.74 Å². The number of benzene rings is 2. The zero-order valence-electron chi connectivity index (χ0n) is 31.7. The molecule has 6 heterocycles. The highest BCUT2D eigenvalue weighted by atomic mass is 16.5. The van der Waals surface area contributed by atoms with Crippen LogP contribution in [0.15, 0.2) is 48.0 Å². The predicted octanol–water partition coefficient (Wildman–Crippen LogP) is 5.46. The number of ether oxygens (including phenoxy) is 3. The summed E-state index contributed by atoms with van der Waals surface area (Å²) >= 11 is 0. The summed E-state index contributed by atoms with van der Waals surface area (Å²) in [7, 11) is 6.87. The molecule has 2 unspecified atom stereocenters. The second-order valence-electron chi connectivity index (χ2n) is 16.5. The molecule has 2 aromatic carbocycles. The molecule has 10 atom stereocenters. The highest BCUT2D eigenvalue weighted by Gasteiger charge is 2.64. The molecule has 3 N–H and O–H groups in total. The number of carbonyl (C=O) groups excluding carboxylic acids is 2. The number of hydrogen-bond acceptors (Lipinski definition) is 8. The number of nitrogens with one attached hydrogen (secondary N) is 2. The van der Waals surface area contributed by atoms with E-state index in [1.54, 1.807) is 7.11 Å². The Balaban J connectivity index is 1.32. The molecule has 1 saturated carbocycles. The molecule has 2 aromatic heterocycles. The van der Waals surface area contributed by atoms with Crippen LogP contribution in [0.25, 0.3) is 21.8 Å². The van der Waals surface area contributed by atoms with Crippen molar-refractivity contribution in [3.05, 3.63) is 76.1 Å². The van der Waals surface area contributed by atoms with Crippen LogP contribution in [0.1, 0.15) is 67.1 Å². The molecule has 6 aliphatic rings. The van der Waals surface area contributed by atoms with Gasteiger partial charge in [-0.2, -0.15) is 0 Å². The van der Waals surface area contributed by atoms with Gasteiger partial charge in [0.15, 0.2) is 0 Å². The first-order valence-corrected chi connectivity index (χ1v) is 19.4. The third-order valence-electron chi connectivity index (χ3n) is 14.2. The number of piperidine rings is 3. The molecule has 280 valence electrons. The number of carbonyl (C=O) groups is 2. The number of H-pyrrole nitrogens is 2. The number of aromatic amines is 2. The Hall–Kier alpha value is -4.12. The maximum absolute atomic E-state index is 14.4. The third-order valence-corrected chi connectivity index (χ3v) is 14.2. The highest BCUT2D eigenvalue weighted by Crippen LogP contribution is 2.57. The fourth-order valence-corrected chi connectivity index (χ4v) is 12.1. The van der Waals surface area contributed by atoms with Crippen molar-refractivity contribution in [2.75, 3.05) is 48.0 Å². The van der Waals surface area contributed by atoms with Crippen molar-refractivity contribution in [3.8, 4) is 5.75 Å². The number of aliphatic hydroxyl groups excluding tert-OH is 1. The molecule has 6 bridgehead atoms. The van der Waals surface area contributed by atoms with E-state index in [9.17, 15) is 14.7 Å². The molecule has 10 heteroatoms. The number of aromatic nitrogens is 2. The quantitative estimate of drug-likeness (QED) is 0.184. The lowest BCUT2D eigenvalue weighted by Crippen LogP contribution is -2.68. The van der Waals surface area contributed by atoms with Gasteiger partial charge in [-0.3, -0.25) is 19.4 Å². The molecule has 0 amide bonds. The molecule has 2 aliphatic carbocycles. The largest absolute Gasteiger partial charge is 0.496 e. The number of methoxy groups -OCH3 is 3. The van der Waals surface area contributed by atoms with Crippen molar-refractivity contribution in [3.63, 3.8) is 0 Å². The molecule has 0 radical (unpaired) electrons. The van der Waals surface area contributed by atoms with Gasteiger partial charge in [0.05, 0.1) is 38.9 Å². The van der Waals surface area contributed by atoms with E-state index in [-0.39, 0.29) is 53.6 Å². The Labute approximate surface area is 310 Å². The lowest BCUT2D eigenvalue weighted by Gasteiger charge is -2.58. The van der Waals surface area contributed by atoms with E-state index in [4.69, 9.17) is 14.2 Å². The number of likely N-dealkylation sites (tertiary alicyclic amines) is 1. The minimum atomic E-state index is -0.935. The van der Waals surface area contributed by atoms with Gasteiger partial charge in [0.2, 0.25) is 0 Å². The minimum absolute atomic E-state index is 0.0271. The van der Waals surface area contributed by atoms with Gasteiger partial charge in [0, 0.05) is 76.8 Å². The van der Waals surface area contributed by atoms with Gasteiger partial charge < -0.3 is 29.3 Å². The van der Waals surface area contributed by atoms with Gasteiger partial charge in [-0.15, -0.1) is 0 Å². The second-order valence-corrected chi connectivity index (χ2v) is 16.5. The molecular weight excluding hydrogens is 668 g/mol. The zero-order valence-corrected chi connectivity index (χ0v) is 31.7. The minimum Gasteiger partial charge on any atom is -0.496 e. The van der Waals surface area contributed by atoms with E-state index in [1.807, 2.05) is 6.92 Å². The summed E-state index contributed by atoms with van der Waals surface area (Å²) in [6.07, 6.45) is 5.39. The third kappa shape index (κ3) is 4.87. The van der Waals surface area contributed by atoms with Gasteiger partial charge in [-0.25, -0.2) is 0 Å². The summed E-state index contributed by atoms with van der Waals surface area (Å²) in [6, 6.07) is 12.5. The van der Waals surface area contributed by atoms with Gasteiger partial charge in [0.1, 0.15) is 11.2 Å². The van der Waals surface area contributed by atoms with Crippen LogP contribution in [0.2, 0.25) is 0 Å². The van der Waals surface area contributed by atoms with E-state index in [2.05, 4.69) is 76.2 Å². The summed E-state index contributed by atoms with van der Waals surface area (Å²) in [5.74, 6) is 0.0283. The van der Waals surface area contributed by atoms with E-state index in [1.165, 1.54) is 30.7 Å². The van der Waals surface area contributed by atoms with Crippen LogP contribution in [0, 0.1) is 23.7 Å².